The summed E-state index contributed by atoms with van der Waals surface area (Å²) >= 11 is 0. The molecule has 2 heterocycles. The molecule has 2 aliphatic heterocycles. The quantitative estimate of drug-likeness (QED) is 0.790. The molecule has 2 amide bonds. The van der Waals surface area contributed by atoms with Gasteiger partial charge in [-0.25, -0.2) is 4.39 Å². The summed E-state index contributed by atoms with van der Waals surface area (Å²) in [5.74, 6) is -1.33. The van der Waals surface area contributed by atoms with E-state index in [1.54, 1.807) is 12.1 Å². The Kier molecular flexibility index (Phi) is 3.88. The number of halogens is 1. The number of carbonyl (C=O) groups is 2. The summed E-state index contributed by atoms with van der Waals surface area (Å²) in [6.07, 6.45) is 0.745. The standard InChI is InChI=1S/C15H18FN3O2/c16-12-9-10(11-2-4-14(20)18-15(11)21)1-3-13(12)19-7-5-17-6-8-19/h1,3,9,11,17H,2,4-8H2,(H,18,20,21). The van der Waals surface area contributed by atoms with E-state index >= 15 is 0 Å². The fourth-order valence-corrected chi connectivity index (χ4v) is 2.91. The summed E-state index contributed by atoms with van der Waals surface area (Å²) in [4.78, 5) is 25.0. The molecule has 0 bridgehead atoms. The number of imide groups is 1. The average molecular weight is 291 g/mol. The molecule has 21 heavy (non-hydrogen) atoms. The zero-order valence-corrected chi connectivity index (χ0v) is 11.7. The van der Waals surface area contributed by atoms with Crippen molar-refractivity contribution in [3.05, 3.63) is 29.6 Å². The van der Waals surface area contributed by atoms with E-state index in [2.05, 4.69) is 10.6 Å². The molecular weight excluding hydrogens is 273 g/mol. The van der Waals surface area contributed by atoms with Gasteiger partial charge in [0.05, 0.1) is 11.6 Å². The number of piperidine rings is 1. The van der Waals surface area contributed by atoms with Gasteiger partial charge in [-0.2, -0.15) is 0 Å². The lowest BCUT2D eigenvalue weighted by Gasteiger charge is -2.30. The SMILES string of the molecule is O=C1CCC(c2ccc(N3CCNCC3)c(F)c2)C(=O)N1. The fourth-order valence-electron chi connectivity index (χ4n) is 2.91. The number of anilines is 1. The molecule has 1 aromatic carbocycles. The summed E-state index contributed by atoms with van der Waals surface area (Å²) in [5, 5.41) is 5.53. The number of nitrogens with one attached hydrogen (secondary N) is 2. The van der Waals surface area contributed by atoms with Gasteiger partial charge in [0.15, 0.2) is 0 Å². The molecule has 0 radical (unpaired) electrons. The molecule has 2 fully saturated rings. The van der Waals surface area contributed by atoms with Crippen LogP contribution in [-0.4, -0.2) is 38.0 Å². The number of amides is 2. The van der Waals surface area contributed by atoms with Gasteiger partial charge >= 0.3 is 0 Å². The second-order valence-electron chi connectivity index (χ2n) is 5.45. The normalized spacial score (nSPS) is 23.1. The van der Waals surface area contributed by atoms with Crippen LogP contribution in [0.25, 0.3) is 0 Å². The Labute approximate surface area is 122 Å². The van der Waals surface area contributed by atoms with E-state index in [-0.39, 0.29) is 17.6 Å². The molecule has 0 saturated carbocycles. The van der Waals surface area contributed by atoms with Crippen molar-refractivity contribution in [3.8, 4) is 0 Å². The lowest BCUT2D eigenvalue weighted by molar-refractivity contribution is -0.134. The van der Waals surface area contributed by atoms with Crippen LogP contribution in [-0.2, 0) is 9.59 Å². The van der Waals surface area contributed by atoms with Gasteiger partial charge in [0.2, 0.25) is 11.8 Å². The first-order valence-electron chi connectivity index (χ1n) is 7.24. The van der Waals surface area contributed by atoms with E-state index in [0.717, 1.165) is 26.2 Å². The number of hydrogen-bond acceptors (Lipinski definition) is 4. The van der Waals surface area contributed by atoms with Crippen molar-refractivity contribution in [1.29, 1.82) is 0 Å². The van der Waals surface area contributed by atoms with Gasteiger partial charge in [0.1, 0.15) is 5.82 Å². The zero-order valence-electron chi connectivity index (χ0n) is 11.7. The molecule has 0 aromatic heterocycles. The minimum Gasteiger partial charge on any atom is -0.367 e. The van der Waals surface area contributed by atoms with E-state index in [4.69, 9.17) is 0 Å². The molecule has 3 rings (SSSR count). The van der Waals surface area contributed by atoms with Crippen molar-refractivity contribution in [2.24, 2.45) is 0 Å². The molecule has 2 N–H and O–H groups in total. The molecule has 1 atom stereocenters. The van der Waals surface area contributed by atoms with Crippen molar-refractivity contribution < 1.29 is 14.0 Å². The van der Waals surface area contributed by atoms with Gasteiger partial charge in [-0.05, 0) is 24.1 Å². The first-order valence-corrected chi connectivity index (χ1v) is 7.24. The van der Waals surface area contributed by atoms with Gasteiger partial charge in [0.25, 0.3) is 0 Å². The lowest BCUT2D eigenvalue weighted by Crippen LogP contribution is -2.44. The molecule has 5 nitrogen and oxygen atoms in total. The molecule has 1 unspecified atom stereocenters. The highest BCUT2D eigenvalue weighted by atomic mass is 19.1. The molecule has 112 valence electrons. The highest BCUT2D eigenvalue weighted by molar-refractivity contribution is 6.00. The molecule has 0 aliphatic carbocycles. The first kappa shape index (κ1) is 14.0. The largest absolute Gasteiger partial charge is 0.367 e. The highest BCUT2D eigenvalue weighted by Crippen LogP contribution is 2.29. The Hall–Kier alpha value is -1.95. The van der Waals surface area contributed by atoms with E-state index < -0.39 is 5.92 Å². The number of rotatable bonds is 2. The Morgan fingerprint density at radius 3 is 2.62 bits per heavy atom. The Bertz CT molecular complexity index is 570. The third kappa shape index (κ3) is 2.90. The van der Waals surface area contributed by atoms with Crippen LogP contribution in [0.2, 0.25) is 0 Å². The molecule has 6 heteroatoms. The van der Waals surface area contributed by atoms with E-state index in [9.17, 15) is 14.0 Å². The lowest BCUT2D eigenvalue weighted by atomic mass is 9.90. The van der Waals surface area contributed by atoms with Gasteiger partial charge in [-0.3, -0.25) is 14.9 Å². The van der Waals surface area contributed by atoms with E-state index in [1.165, 1.54) is 6.07 Å². The van der Waals surface area contributed by atoms with Crippen molar-refractivity contribution in [3.63, 3.8) is 0 Å². The van der Waals surface area contributed by atoms with Crippen LogP contribution in [0.1, 0.15) is 24.3 Å². The van der Waals surface area contributed by atoms with E-state index in [1.807, 2.05) is 4.90 Å². The van der Waals surface area contributed by atoms with Crippen LogP contribution < -0.4 is 15.5 Å². The maximum Gasteiger partial charge on any atom is 0.234 e. The van der Waals surface area contributed by atoms with Crippen molar-refractivity contribution >= 4 is 17.5 Å². The van der Waals surface area contributed by atoms with Gasteiger partial charge in [-0.15, -0.1) is 0 Å². The van der Waals surface area contributed by atoms with Crippen LogP contribution in [0.5, 0.6) is 0 Å². The molecule has 0 spiro atoms. The Balaban J connectivity index is 1.80. The average Bonchev–Trinajstić information content (AvgIpc) is 2.48. The van der Waals surface area contributed by atoms with Crippen LogP contribution in [0.4, 0.5) is 10.1 Å². The summed E-state index contributed by atoms with van der Waals surface area (Å²) in [6.45, 7) is 3.23. The minimum absolute atomic E-state index is 0.255. The molecule has 2 saturated heterocycles. The van der Waals surface area contributed by atoms with Crippen LogP contribution in [0.3, 0.4) is 0 Å². The maximum absolute atomic E-state index is 14.3. The van der Waals surface area contributed by atoms with Crippen LogP contribution >= 0.6 is 0 Å². The smallest absolute Gasteiger partial charge is 0.234 e. The first-order chi connectivity index (χ1) is 10.1. The summed E-state index contributed by atoms with van der Waals surface area (Å²) in [5.41, 5.74) is 1.21. The monoisotopic (exact) mass is 291 g/mol. The summed E-state index contributed by atoms with van der Waals surface area (Å²) < 4.78 is 14.3. The third-order valence-electron chi connectivity index (χ3n) is 4.07. The second kappa shape index (κ2) is 5.81. The molecular formula is C15H18FN3O2. The maximum atomic E-state index is 14.3. The fraction of sp³-hybridized carbons (Fsp3) is 0.467. The number of carbonyl (C=O) groups excluding carboxylic acids is 2. The molecule has 1 aromatic rings. The minimum atomic E-state index is -0.436. The highest BCUT2D eigenvalue weighted by Gasteiger charge is 2.28. The molecule has 2 aliphatic rings. The van der Waals surface area contributed by atoms with Gasteiger partial charge in [0, 0.05) is 32.6 Å². The number of piperazine rings is 1. The van der Waals surface area contributed by atoms with Crippen molar-refractivity contribution in [2.75, 3.05) is 31.1 Å². The van der Waals surface area contributed by atoms with Crippen molar-refractivity contribution in [1.82, 2.24) is 10.6 Å². The predicted molar refractivity (Wildman–Crippen MR) is 76.6 cm³/mol. The Morgan fingerprint density at radius 1 is 1.19 bits per heavy atom. The zero-order chi connectivity index (χ0) is 14.8. The van der Waals surface area contributed by atoms with Crippen molar-refractivity contribution in [2.45, 2.75) is 18.8 Å². The van der Waals surface area contributed by atoms with E-state index in [0.29, 0.717) is 24.1 Å². The van der Waals surface area contributed by atoms with Crippen LogP contribution in [0.15, 0.2) is 18.2 Å². The summed E-state index contributed by atoms with van der Waals surface area (Å²) in [7, 11) is 0. The number of nitrogens with zero attached hydrogens (tertiary/aromatic N) is 1. The number of benzene rings is 1. The Morgan fingerprint density at radius 2 is 1.95 bits per heavy atom. The second-order valence-corrected chi connectivity index (χ2v) is 5.45. The van der Waals surface area contributed by atoms with Crippen LogP contribution in [0, 0.1) is 5.82 Å². The predicted octanol–water partition coefficient (Wildman–Crippen LogP) is 0.755. The number of hydrogen-bond donors (Lipinski definition) is 2. The topological polar surface area (TPSA) is 61.4 Å². The third-order valence-corrected chi connectivity index (χ3v) is 4.07. The summed E-state index contributed by atoms with van der Waals surface area (Å²) in [6, 6.07) is 4.96. The van der Waals surface area contributed by atoms with Gasteiger partial charge < -0.3 is 10.2 Å². The van der Waals surface area contributed by atoms with Gasteiger partial charge in [-0.1, -0.05) is 6.07 Å².